The third-order valence-electron chi connectivity index (χ3n) is 2.19. The number of thioether (sulfide) groups is 1. The maximum absolute atomic E-state index is 11.4. The van der Waals surface area contributed by atoms with Crippen molar-refractivity contribution < 1.29 is 17.8 Å². The highest BCUT2D eigenvalue weighted by Crippen LogP contribution is 2.24. The summed E-state index contributed by atoms with van der Waals surface area (Å²) < 4.78 is 30.4. The summed E-state index contributed by atoms with van der Waals surface area (Å²) >= 11 is 1.50. The predicted octanol–water partition coefficient (Wildman–Crippen LogP) is 0.971. The summed E-state index contributed by atoms with van der Waals surface area (Å²) in [7, 11) is -4.17. The zero-order valence-corrected chi connectivity index (χ0v) is 9.79. The maximum atomic E-state index is 11.4. The van der Waals surface area contributed by atoms with Crippen molar-refractivity contribution in [3.8, 4) is 0 Å². The van der Waals surface area contributed by atoms with Crippen LogP contribution in [0.25, 0.3) is 0 Å². The Morgan fingerprint density at radius 3 is 2.31 bits per heavy atom. The minimum atomic E-state index is -4.17. The number of hydrogen-bond acceptors (Lipinski definition) is 4. The summed E-state index contributed by atoms with van der Waals surface area (Å²) in [5, 5.41) is 0. The lowest BCUT2D eigenvalue weighted by Gasteiger charge is -2.14. The average Bonchev–Trinajstić information content (AvgIpc) is 2.63. The van der Waals surface area contributed by atoms with E-state index in [2.05, 4.69) is 0 Å². The van der Waals surface area contributed by atoms with Gasteiger partial charge in [-0.3, -0.25) is 9.35 Å². The van der Waals surface area contributed by atoms with Crippen LogP contribution in [0, 0.1) is 0 Å². The van der Waals surface area contributed by atoms with Crippen molar-refractivity contribution in [3.05, 3.63) is 24.3 Å². The Balaban J connectivity index is 2.29. The minimum absolute atomic E-state index is 0.00426. The molecule has 1 aromatic carbocycles. The Kier molecular flexibility index (Phi) is 2.92. The molecule has 1 fully saturated rings. The fraction of sp³-hybridized carbons (Fsp3) is 0.222. The minimum Gasteiger partial charge on any atom is -0.302 e. The molecular weight excluding hydrogens is 250 g/mol. The first-order chi connectivity index (χ1) is 7.48. The molecule has 1 aliphatic heterocycles. The van der Waals surface area contributed by atoms with Gasteiger partial charge < -0.3 is 4.90 Å². The lowest BCUT2D eigenvalue weighted by atomic mass is 10.3. The second-order valence-electron chi connectivity index (χ2n) is 3.27. The molecular formula is C9H9NO4S2. The van der Waals surface area contributed by atoms with E-state index >= 15 is 0 Å². The molecule has 1 aliphatic rings. The molecule has 0 aromatic heterocycles. The highest BCUT2D eigenvalue weighted by molar-refractivity contribution is 8.00. The lowest BCUT2D eigenvalue weighted by Crippen LogP contribution is -2.24. The first-order valence-electron chi connectivity index (χ1n) is 4.44. The summed E-state index contributed by atoms with van der Waals surface area (Å²) in [6.07, 6.45) is 0. The van der Waals surface area contributed by atoms with E-state index in [-0.39, 0.29) is 10.8 Å². The van der Waals surface area contributed by atoms with Crippen molar-refractivity contribution >= 4 is 33.5 Å². The Hall–Kier alpha value is -1.05. The molecule has 0 radical (unpaired) electrons. The van der Waals surface area contributed by atoms with Gasteiger partial charge in [0.1, 0.15) is 0 Å². The van der Waals surface area contributed by atoms with Crippen LogP contribution in [-0.4, -0.2) is 30.5 Å². The van der Waals surface area contributed by atoms with Gasteiger partial charge in [0.05, 0.1) is 16.5 Å². The van der Waals surface area contributed by atoms with Crippen LogP contribution in [0.5, 0.6) is 0 Å². The molecule has 1 saturated heterocycles. The second kappa shape index (κ2) is 4.08. The second-order valence-corrected chi connectivity index (χ2v) is 5.64. The Morgan fingerprint density at radius 2 is 1.88 bits per heavy atom. The summed E-state index contributed by atoms with van der Waals surface area (Å²) in [6.45, 7) is 0. The number of rotatable bonds is 2. The van der Waals surface area contributed by atoms with Crippen molar-refractivity contribution in [2.75, 3.05) is 16.5 Å². The molecule has 16 heavy (non-hydrogen) atoms. The van der Waals surface area contributed by atoms with E-state index < -0.39 is 10.1 Å². The third kappa shape index (κ3) is 2.21. The van der Waals surface area contributed by atoms with Crippen molar-refractivity contribution in [1.82, 2.24) is 0 Å². The van der Waals surface area contributed by atoms with E-state index in [1.165, 1.54) is 36.0 Å². The fourth-order valence-corrected chi connectivity index (χ4v) is 2.77. The van der Waals surface area contributed by atoms with Gasteiger partial charge in [0, 0.05) is 5.69 Å². The number of nitrogens with zero attached hydrogens (tertiary/aromatic N) is 1. The van der Waals surface area contributed by atoms with Gasteiger partial charge in [-0.05, 0) is 24.3 Å². The first kappa shape index (κ1) is 11.4. The van der Waals surface area contributed by atoms with Crippen LogP contribution in [-0.2, 0) is 14.9 Å². The number of anilines is 1. The highest BCUT2D eigenvalue weighted by atomic mass is 32.2. The van der Waals surface area contributed by atoms with Crippen molar-refractivity contribution in [2.24, 2.45) is 0 Å². The molecule has 7 heteroatoms. The average molecular weight is 259 g/mol. The van der Waals surface area contributed by atoms with Gasteiger partial charge in [0.25, 0.3) is 10.1 Å². The van der Waals surface area contributed by atoms with E-state index in [4.69, 9.17) is 4.55 Å². The monoisotopic (exact) mass is 259 g/mol. The molecule has 0 saturated carbocycles. The Labute approximate surface area is 97.2 Å². The van der Waals surface area contributed by atoms with Crippen LogP contribution >= 0.6 is 11.8 Å². The van der Waals surface area contributed by atoms with Crippen LogP contribution in [0.4, 0.5) is 5.69 Å². The van der Waals surface area contributed by atoms with Gasteiger partial charge in [-0.1, -0.05) is 0 Å². The van der Waals surface area contributed by atoms with Crippen LogP contribution in [0.2, 0.25) is 0 Å². The molecule has 2 rings (SSSR count). The summed E-state index contributed by atoms with van der Waals surface area (Å²) in [6, 6.07) is 5.57. The number of carbonyl (C=O) groups is 1. The number of amides is 1. The fourth-order valence-electron chi connectivity index (χ4n) is 1.39. The molecule has 0 atom stereocenters. The molecule has 1 aromatic rings. The topological polar surface area (TPSA) is 74.7 Å². The number of benzene rings is 1. The van der Waals surface area contributed by atoms with Crippen LogP contribution in [0.1, 0.15) is 0 Å². The number of hydrogen-bond donors (Lipinski definition) is 1. The van der Waals surface area contributed by atoms with Gasteiger partial charge in [-0.2, -0.15) is 8.42 Å². The lowest BCUT2D eigenvalue weighted by molar-refractivity contribution is -0.115. The highest BCUT2D eigenvalue weighted by Gasteiger charge is 2.22. The van der Waals surface area contributed by atoms with E-state index in [0.29, 0.717) is 17.3 Å². The maximum Gasteiger partial charge on any atom is 0.294 e. The van der Waals surface area contributed by atoms with E-state index in [1.807, 2.05) is 0 Å². The smallest absolute Gasteiger partial charge is 0.294 e. The zero-order chi connectivity index (χ0) is 11.8. The van der Waals surface area contributed by atoms with Crippen molar-refractivity contribution in [3.63, 3.8) is 0 Å². The van der Waals surface area contributed by atoms with Crippen LogP contribution in [0.3, 0.4) is 0 Å². The zero-order valence-electron chi connectivity index (χ0n) is 8.16. The number of carbonyl (C=O) groups excluding carboxylic acids is 1. The molecule has 1 amide bonds. The standard InChI is InChI=1S/C9H9NO4S2/c11-9-5-15-6-10(9)7-1-3-8(4-2-7)16(12,13)14/h1-4H,5-6H2,(H,12,13,14). The van der Waals surface area contributed by atoms with Gasteiger partial charge in [-0.25, -0.2) is 0 Å². The molecule has 0 bridgehead atoms. The molecule has 0 aliphatic carbocycles. The first-order valence-corrected chi connectivity index (χ1v) is 7.03. The molecule has 0 unspecified atom stereocenters. The quantitative estimate of drug-likeness (QED) is 0.801. The predicted molar refractivity (Wildman–Crippen MR) is 61.1 cm³/mol. The summed E-state index contributed by atoms with van der Waals surface area (Å²) in [5.74, 6) is 1.02. The van der Waals surface area contributed by atoms with E-state index in [1.54, 1.807) is 4.90 Å². The van der Waals surface area contributed by atoms with Gasteiger partial charge in [0.15, 0.2) is 0 Å². The molecule has 1 heterocycles. The molecule has 0 spiro atoms. The van der Waals surface area contributed by atoms with E-state index in [9.17, 15) is 13.2 Å². The summed E-state index contributed by atoms with van der Waals surface area (Å²) in [4.78, 5) is 12.8. The molecule has 5 nitrogen and oxygen atoms in total. The molecule has 1 N–H and O–H groups in total. The van der Waals surface area contributed by atoms with E-state index in [0.717, 1.165) is 0 Å². The Bertz CT molecular complexity index is 509. The van der Waals surface area contributed by atoms with Gasteiger partial charge in [-0.15, -0.1) is 11.8 Å². The van der Waals surface area contributed by atoms with Gasteiger partial charge >= 0.3 is 0 Å². The summed E-state index contributed by atoms with van der Waals surface area (Å²) in [5.41, 5.74) is 0.641. The molecule has 86 valence electrons. The van der Waals surface area contributed by atoms with Crippen LogP contribution in [0.15, 0.2) is 29.2 Å². The van der Waals surface area contributed by atoms with Gasteiger partial charge in [0.2, 0.25) is 5.91 Å². The van der Waals surface area contributed by atoms with Crippen molar-refractivity contribution in [2.45, 2.75) is 4.90 Å². The Morgan fingerprint density at radius 1 is 1.25 bits per heavy atom. The van der Waals surface area contributed by atoms with Crippen molar-refractivity contribution in [1.29, 1.82) is 0 Å². The third-order valence-corrected chi connectivity index (χ3v) is 3.95. The largest absolute Gasteiger partial charge is 0.302 e. The van der Waals surface area contributed by atoms with Crippen LogP contribution < -0.4 is 4.90 Å². The SMILES string of the molecule is O=C1CSCN1c1ccc(S(=O)(=O)O)cc1. The normalized spacial score (nSPS) is 16.8.